The predicted molar refractivity (Wildman–Crippen MR) is 72.6 cm³/mol. The number of ether oxygens (including phenoxy) is 1. The summed E-state index contributed by atoms with van der Waals surface area (Å²) in [6, 6.07) is 4.26. The maximum absolute atomic E-state index is 13.3. The van der Waals surface area contributed by atoms with Crippen LogP contribution in [0.1, 0.15) is 18.5 Å². The molecule has 0 spiro atoms. The van der Waals surface area contributed by atoms with E-state index in [0.29, 0.717) is 5.56 Å². The van der Waals surface area contributed by atoms with Crippen molar-refractivity contribution in [2.45, 2.75) is 13.0 Å². The summed E-state index contributed by atoms with van der Waals surface area (Å²) in [6.07, 6.45) is 0. The van der Waals surface area contributed by atoms with Gasteiger partial charge in [0.25, 0.3) is 0 Å². The Bertz CT molecular complexity index is 475. The minimum absolute atomic E-state index is 0.0965. The Balaban J connectivity index is 2.17. The van der Waals surface area contributed by atoms with Gasteiger partial charge in [-0.25, -0.2) is 4.39 Å². The number of hydrogen-bond donors (Lipinski definition) is 2. The number of aromatic hydroxyl groups is 1. The lowest BCUT2D eigenvalue weighted by Crippen LogP contribution is -2.45. The zero-order valence-electron chi connectivity index (χ0n) is 11.4. The van der Waals surface area contributed by atoms with Crippen LogP contribution in [0.15, 0.2) is 18.2 Å². The molecule has 0 aliphatic carbocycles. The van der Waals surface area contributed by atoms with Gasteiger partial charge in [-0.1, -0.05) is 6.07 Å². The average molecular weight is 282 g/mol. The molecule has 0 aromatic heterocycles. The number of carbonyl (C=O) groups is 1. The number of hydrogen-bond acceptors (Lipinski definition) is 5. The first kappa shape index (κ1) is 14.7. The molecule has 1 fully saturated rings. The molecule has 1 aromatic carbocycles. The highest BCUT2D eigenvalue weighted by atomic mass is 19.1. The van der Waals surface area contributed by atoms with Crippen LogP contribution >= 0.6 is 0 Å². The zero-order valence-corrected chi connectivity index (χ0v) is 11.4. The second kappa shape index (κ2) is 6.67. The summed E-state index contributed by atoms with van der Waals surface area (Å²) in [5, 5.41) is 13.1. The standard InChI is InChI=1S/C14H19FN2O3/c1-10(18)20-14-3-2-11(8-13(14)19)12(9-15)17-6-4-16-5-7-17/h2-3,8,12,16,19H,4-7,9H2,1H3/t12-/m0/s1. The van der Waals surface area contributed by atoms with E-state index in [9.17, 15) is 14.3 Å². The van der Waals surface area contributed by atoms with E-state index >= 15 is 0 Å². The van der Waals surface area contributed by atoms with Gasteiger partial charge >= 0.3 is 5.97 Å². The Labute approximate surface area is 117 Å². The van der Waals surface area contributed by atoms with Gasteiger partial charge in [0.05, 0.1) is 6.04 Å². The maximum Gasteiger partial charge on any atom is 0.308 e. The molecule has 110 valence electrons. The molecule has 20 heavy (non-hydrogen) atoms. The number of phenols is 1. The van der Waals surface area contributed by atoms with Crippen LogP contribution < -0.4 is 10.1 Å². The van der Waals surface area contributed by atoms with Gasteiger partial charge in [-0.15, -0.1) is 0 Å². The van der Waals surface area contributed by atoms with Gasteiger partial charge in [0.15, 0.2) is 11.5 Å². The van der Waals surface area contributed by atoms with Gasteiger partial charge in [0.2, 0.25) is 0 Å². The van der Waals surface area contributed by atoms with Crippen molar-refractivity contribution in [1.29, 1.82) is 0 Å². The number of benzene rings is 1. The second-order valence-corrected chi connectivity index (χ2v) is 4.78. The topological polar surface area (TPSA) is 61.8 Å². The van der Waals surface area contributed by atoms with Crippen LogP contribution in [0.2, 0.25) is 0 Å². The van der Waals surface area contributed by atoms with E-state index < -0.39 is 12.6 Å². The molecule has 0 radical (unpaired) electrons. The molecular formula is C14H19FN2O3. The molecule has 1 aliphatic rings. The van der Waals surface area contributed by atoms with Crippen LogP contribution in [0.25, 0.3) is 0 Å². The van der Waals surface area contributed by atoms with Gasteiger partial charge in [-0.3, -0.25) is 9.69 Å². The van der Waals surface area contributed by atoms with E-state index in [4.69, 9.17) is 4.74 Å². The summed E-state index contributed by atoms with van der Waals surface area (Å²) >= 11 is 0. The lowest BCUT2D eigenvalue weighted by molar-refractivity contribution is -0.132. The smallest absolute Gasteiger partial charge is 0.308 e. The Kier molecular flexibility index (Phi) is 4.92. The van der Waals surface area contributed by atoms with Gasteiger partial charge in [-0.2, -0.15) is 0 Å². The van der Waals surface area contributed by atoms with Crippen molar-refractivity contribution in [1.82, 2.24) is 10.2 Å². The third-order valence-electron chi connectivity index (χ3n) is 3.36. The van der Waals surface area contributed by atoms with E-state index in [1.807, 2.05) is 4.90 Å². The van der Waals surface area contributed by atoms with Crippen LogP contribution in [0, 0.1) is 0 Å². The lowest BCUT2D eigenvalue weighted by atomic mass is 10.0. The monoisotopic (exact) mass is 282 g/mol. The number of esters is 1. The SMILES string of the molecule is CC(=O)Oc1ccc([C@H](CF)N2CCNCC2)cc1O. The van der Waals surface area contributed by atoms with Gasteiger partial charge in [-0.05, 0) is 17.7 Å². The fraction of sp³-hybridized carbons (Fsp3) is 0.500. The average Bonchev–Trinajstić information content (AvgIpc) is 2.43. The quantitative estimate of drug-likeness (QED) is 0.642. The minimum atomic E-state index is -0.521. The van der Waals surface area contributed by atoms with Crippen LogP contribution in [0.5, 0.6) is 11.5 Å². The number of nitrogens with one attached hydrogen (secondary N) is 1. The van der Waals surface area contributed by atoms with Crippen molar-refractivity contribution in [3.8, 4) is 11.5 Å². The van der Waals surface area contributed by atoms with E-state index in [2.05, 4.69) is 5.32 Å². The van der Waals surface area contributed by atoms with Crippen molar-refractivity contribution >= 4 is 5.97 Å². The summed E-state index contributed by atoms with van der Waals surface area (Å²) < 4.78 is 18.2. The molecule has 0 unspecified atom stereocenters. The van der Waals surface area contributed by atoms with E-state index in [1.54, 1.807) is 6.07 Å². The number of piperazine rings is 1. The van der Waals surface area contributed by atoms with E-state index in [1.165, 1.54) is 19.1 Å². The molecule has 0 saturated carbocycles. The molecule has 5 nitrogen and oxygen atoms in total. The number of phenolic OH excluding ortho intramolecular Hbond substituents is 1. The molecule has 2 rings (SSSR count). The highest BCUT2D eigenvalue weighted by Gasteiger charge is 2.23. The first-order valence-electron chi connectivity index (χ1n) is 6.64. The van der Waals surface area contributed by atoms with Gasteiger partial charge in [0.1, 0.15) is 6.67 Å². The highest BCUT2D eigenvalue weighted by molar-refractivity contribution is 5.70. The molecule has 0 bridgehead atoms. The second-order valence-electron chi connectivity index (χ2n) is 4.78. The fourth-order valence-electron chi connectivity index (χ4n) is 2.37. The first-order chi connectivity index (χ1) is 9.61. The van der Waals surface area contributed by atoms with Crippen LogP contribution in [0.4, 0.5) is 4.39 Å². The third kappa shape index (κ3) is 3.46. The summed E-state index contributed by atoms with van der Waals surface area (Å²) in [6.45, 7) is 3.93. The predicted octanol–water partition coefficient (Wildman–Crippen LogP) is 1.23. The van der Waals surface area contributed by atoms with E-state index in [0.717, 1.165) is 26.2 Å². The molecular weight excluding hydrogens is 263 g/mol. The third-order valence-corrected chi connectivity index (χ3v) is 3.36. The Morgan fingerprint density at radius 1 is 1.50 bits per heavy atom. The van der Waals surface area contributed by atoms with Crippen molar-refractivity contribution in [3.05, 3.63) is 23.8 Å². The van der Waals surface area contributed by atoms with Crippen molar-refractivity contribution in [2.24, 2.45) is 0 Å². The highest BCUT2D eigenvalue weighted by Crippen LogP contribution is 2.31. The number of nitrogens with zero attached hydrogens (tertiary/aromatic N) is 1. The fourth-order valence-corrected chi connectivity index (χ4v) is 2.37. The molecule has 1 heterocycles. The molecule has 2 N–H and O–H groups in total. The van der Waals surface area contributed by atoms with Crippen molar-refractivity contribution in [2.75, 3.05) is 32.9 Å². The van der Waals surface area contributed by atoms with Crippen LogP contribution in [0.3, 0.4) is 0 Å². The first-order valence-corrected chi connectivity index (χ1v) is 6.64. The Hall–Kier alpha value is -1.66. The van der Waals surface area contributed by atoms with Crippen molar-refractivity contribution in [3.63, 3.8) is 0 Å². The van der Waals surface area contributed by atoms with Crippen LogP contribution in [-0.4, -0.2) is 48.8 Å². The Morgan fingerprint density at radius 2 is 2.20 bits per heavy atom. The number of halogens is 1. The summed E-state index contributed by atoms with van der Waals surface area (Å²) in [7, 11) is 0. The number of rotatable bonds is 4. The largest absolute Gasteiger partial charge is 0.504 e. The number of carbonyl (C=O) groups excluding carboxylic acids is 1. The minimum Gasteiger partial charge on any atom is -0.504 e. The summed E-state index contributed by atoms with van der Waals surface area (Å²) in [5.74, 6) is -0.553. The van der Waals surface area contributed by atoms with Crippen molar-refractivity contribution < 1.29 is 19.0 Å². The summed E-state index contributed by atoms with van der Waals surface area (Å²) in [5.41, 5.74) is 0.683. The van der Waals surface area contributed by atoms with Crippen LogP contribution in [-0.2, 0) is 4.79 Å². The molecule has 1 aliphatic heterocycles. The lowest BCUT2D eigenvalue weighted by Gasteiger charge is -2.33. The van der Waals surface area contributed by atoms with E-state index in [-0.39, 0.29) is 17.5 Å². The molecule has 6 heteroatoms. The Morgan fingerprint density at radius 3 is 2.75 bits per heavy atom. The molecule has 0 amide bonds. The normalized spacial score (nSPS) is 17.7. The molecule has 1 aromatic rings. The van der Waals surface area contributed by atoms with Gasteiger partial charge < -0.3 is 15.2 Å². The summed E-state index contributed by atoms with van der Waals surface area (Å²) in [4.78, 5) is 12.9. The maximum atomic E-state index is 13.3. The molecule has 1 atom stereocenters. The molecule has 1 saturated heterocycles. The van der Waals surface area contributed by atoms with Gasteiger partial charge in [0, 0.05) is 33.1 Å². The number of alkyl halides is 1. The zero-order chi connectivity index (χ0) is 14.5.